The van der Waals surface area contributed by atoms with Crippen LogP contribution in [0, 0.1) is 0 Å². The van der Waals surface area contributed by atoms with Gasteiger partial charge in [0, 0.05) is 26.2 Å². The number of anilines is 1. The molecule has 2 aromatic rings. The first kappa shape index (κ1) is 12.1. The smallest absolute Gasteiger partial charge is 0.142 e. The van der Waals surface area contributed by atoms with Gasteiger partial charge in [-0.1, -0.05) is 12.1 Å². The highest BCUT2D eigenvalue weighted by Crippen LogP contribution is 2.31. The third-order valence-corrected chi connectivity index (χ3v) is 3.44. The molecule has 0 saturated carbocycles. The molecule has 1 aromatic heterocycles. The fourth-order valence-corrected chi connectivity index (χ4v) is 2.48. The van der Waals surface area contributed by atoms with Crippen LogP contribution < -0.4 is 10.1 Å². The number of aromatic nitrogens is 2. The van der Waals surface area contributed by atoms with Crippen molar-refractivity contribution in [3.05, 3.63) is 41.7 Å². The minimum atomic E-state index is 0.684. The molecule has 1 aromatic carbocycles. The average Bonchev–Trinajstić information content (AvgIpc) is 2.85. The van der Waals surface area contributed by atoms with Gasteiger partial charge in [0.1, 0.15) is 5.75 Å². The van der Waals surface area contributed by atoms with Crippen LogP contribution in [-0.4, -0.2) is 22.9 Å². The van der Waals surface area contributed by atoms with Crippen molar-refractivity contribution in [2.24, 2.45) is 7.05 Å². The van der Waals surface area contributed by atoms with E-state index in [2.05, 4.69) is 22.5 Å². The van der Waals surface area contributed by atoms with Crippen LogP contribution in [0.1, 0.15) is 17.5 Å². The number of fused-ring (bicyclic) bond motifs is 1. The zero-order valence-corrected chi connectivity index (χ0v) is 11.2. The number of nitrogens with zero attached hydrogens (tertiary/aromatic N) is 2. The van der Waals surface area contributed by atoms with Crippen molar-refractivity contribution in [2.45, 2.75) is 19.3 Å². The molecule has 19 heavy (non-hydrogen) atoms. The molecule has 4 nitrogen and oxygen atoms in total. The molecule has 0 fully saturated rings. The molecule has 1 aliphatic rings. The van der Waals surface area contributed by atoms with Crippen LogP contribution >= 0.6 is 0 Å². The number of ether oxygens (including phenoxy) is 1. The van der Waals surface area contributed by atoms with Crippen molar-refractivity contribution in [1.82, 2.24) is 9.78 Å². The second-order valence-electron chi connectivity index (χ2n) is 4.94. The molecule has 1 N–H and O–H groups in total. The van der Waals surface area contributed by atoms with E-state index in [-0.39, 0.29) is 0 Å². The highest BCUT2D eigenvalue weighted by atomic mass is 16.5. The summed E-state index contributed by atoms with van der Waals surface area (Å²) in [6.45, 7) is 1.72. The monoisotopic (exact) mass is 257 g/mol. The van der Waals surface area contributed by atoms with Crippen LogP contribution in [-0.2, 0) is 19.9 Å². The second kappa shape index (κ2) is 5.34. The standard InChI is InChI=1S/C15H19N3O/c1-18-11-12(10-17-18)7-9-19-14-6-2-4-13-5-3-8-16-15(13)14/h2,4,6,10-11,16H,3,5,7-9H2,1H3. The fourth-order valence-electron chi connectivity index (χ4n) is 2.48. The van der Waals surface area contributed by atoms with Gasteiger partial charge in [0.2, 0.25) is 0 Å². The summed E-state index contributed by atoms with van der Waals surface area (Å²) in [6.07, 6.45) is 7.15. The van der Waals surface area contributed by atoms with Crippen molar-refractivity contribution in [2.75, 3.05) is 18.5 Å². The third kappa shape index (κ3) is 2.72. The molecule has 0 saturated heterocycles. The normalized spacial score (nSPS) is 13.7. The van der Waals surface area contributed by atoms with Gasteiger partial charge in [-0.15, -0.1) is 0 Å². The Kier molecular flexibility index (Phi) is 3.40. The van der Waals surface area contributed by atoms with Gasteiger partial charge in [-0.05, 0) is 30.0 Å². The van der Waals surface area contributed by atoms with Gasteiger partial charge in [-0.2, -0.15) is 5.10 Å². The highest BCUT2D eigenvalue weighted by Gasteiger charge is 2.12. The number of rotatable bonds is 4. The van der Waals surface area contributed by atoms with Crippen LogP contribution in [0.4, 0.5) is 5.69 Å². The highest BCUT2D eigenvalue weighted by molar-refractivity contribution is 5.63. The predicted octanol–water partition coefficient (Wildman–Crippen LogP) is 2.40. The minimum Gasteiger partial charge on any atom is -0.491 e. The maximum absolute atomic E-state index is 5.92. The molecule has 100 valence electrons. The number of benzene rings is 1. The largest absolute Gasteiger partial charge is 0.491 e. The summed E-state index contributed by atoms with van der Waals surface area (Å²) in [5.74, 6) is 0.973. The lowest BCUT2D eigenvalue weighted by molar-refractivity contribution is 0.322. The first-order chi connectivity index (χ1) is 9.33. The Labute approximate surface area is 113 Å². The van der Waals surface area contributed by atoms with E-state index in [1.54, 1.807) is 0 Å². The molecular weight excluding hydrogens is 238 g/mol. The number of hydrogen-bond acceptors (Lipinski definition) is 3. The molecular formula is C15H19N3O. The number of nitrogens with one attached hydrogen (secondary N) is 1. The summed E-state index contributed by atoms with van der Waals surface area (Å²) in [6, 6.07) is 6.29. The lowest BCUT2D eigenvalue weighted by Crippen LogP contribution is -2.13. The first-order valence-corrected chi connectivity index (χ1v) is 6.79. The van der Waals surface area contributed by atoms with Gasteiger partial charge in [0.15, 0.2) is 0 Å². The zero-order valence-electron chi connectivity index (χ0n) is 11.2. The lowest BCUT2D eigenvalue weighted by atomic mass is 10.0. The van der Waals surface area contributed by atoms with E-state index in [1.165, 1.54) is 23.2 Å². The van der Waals surface area contributed by atoms with Crippen molar-refractivity contribution < 1.29 is 4.74 Å². The Balaban J connectivity index is 1.64. The summed E-state index contributed by atoms with van der Waals surface area (Å²) < 4.78 is 7.74. The Morgan fingerprint density at radius 3 is 3.21 bits per heavy atom. The first-order valence-electron chi connectivity index (χ1n) is 6.79. The van der Waals surface area contributed by atoms with Crippen molar-refractivity contribution in [3.63, 3.8) is 0 Å². The molecule has 0 amide bonds. The van der Waals surface area contributed by atoms with E-state index in [0.717, 1.165) is 25.1 Å². The van der Waals surface area contributed by atoms with E-state index in [0.29, 0.717) is 6.61 Å². The van der Waals surface area contributed by atoms with Gasteiger partial charge < -0.3 is 10.1 Å². The Morgan fingerprint density at radius 2 is 2.37 bits per heavy atom. The maximum atomic E-state index is 5.92. The summed E-state index contributed by atoms with van der Waals surface area (Å²) >= 11 is 0. The summed E-state index contributed by atoms with van der Waals surface area (Å²) in [5, 5.41) is 7.60. The van der Waals surface area contributed by atoms with Gasteiger partial charge in [-0.3, -0.25) is 4.68 Å². The summed E-state index contributed by atoms with van der Waals surface area (Å²) in [5.41, 5.74) is 3.75. The van der Waals surface area contributed by atoms with E-state index in [4.69, 9.17) is 4.74 Å². The number of para-hydroxylation sites is 1. The predicted molar refractivity (Wildman–Crippen MR) is 75.7 cm³/mol. The van der Waals surface area contributed by atoms with Crippen molar-refractivity contribution >= 4 is 5.69 Å². The van der Waals surface area contributed by atoms with Gasteiger partial charge in [0.25, 0.3) is 0 Å². The number of aryl methyl sites for hydroxylation is 2. The van der Waals surface area contributed by atoms with Crippen LogP contribution in [0.2, 0.25) is 0 Å². The molecule has 0 atom stereocenters. The summed E-state index contributed by atoms with van der Waals surface area (Å²) in [4.78, 5) is 0. The fraction of sp³-hybridized carbons (Fsp3) is 0.400. The van der Waals surface area contributed by atoms with E-state index in [9.17, 15) is 0 Å². The van der Waals surface area contributed by atoms with Crippen molar-refractivity contribution in [3.8, 4) is 5.75 Å². The quantitative estimate of drug-likeness (QED) is 0.914. The third-order valence-electron chi connectivity index (χ3n) is 3.44. The molecule has 0 unspecified atom stereocenters. The average molecular weight is 257 g/mol. The molecule has 3 rings (SSSR count). The molecule has 1 aliphatic heterocycles. The Hall–Kier alpha value is -1.97. The molecule has 0 radical (unpaired) electrons. The summed E-state index contributed by atoms with van der Waals surface area (Å²) in [7, 11) is 1.93. The maximum Gasteiger partial charge on any atom is 0.142 e. The van der Waals surface area contributed by atoms with Crippen LogP contribution in [0.3, 0.4) is 0 Å². The van der Waals surface area contributed by atoms with Crippen LogP contribution in [0.5, 0.6) is 5.75 Å². The zero-order chi connectivity index (χ0) is 13.1. The molecule has 2 heterocycles. The van der Waals surface area contributed by atoms with Gasteiger partial charge in [0.05, 0.1) is 18.5 Å². The Morgan fingerprint density at radius 1 is 1.42 bits per heavy atom. The Bertz CT molecular complexity index is 562. The topological polar surface area (TPSA) is 39.1 Å². The van der Waals surface area contributed by atoms with E-state index >= 15 is 0 Å². The molecule has 0 spiro atoms. The van der Waals surface area contributed by atoms with Crippen LogP contribution in [0.25, 0.3) is 0 Å². The molecule has 4 heteroatoms. The second-order valence-corrected chi connectivity index (χ2v) is 4.94. The lowest BCUT2D eigenvalue weighted by Gasteiger charge is -2.21. The minimum absolute atomic E-state index is 0.684. The molecule has 0 aliphatic carbocycles. The van der Waals surface area contributed by atoms with E-state index in [1.807, 2.05) is 30.2 Å². The van der Waals surface area contributed by atoms with Crippen LogP contribution in [0.15, 0.2) is 30.6 Å². The van der Waals surface area contributed by atoms with Crippen molar-refractivity contribution in [1.29, 1.82) is 0 Å². The van der Waals surface area contributed by atoms with Gasteiger partial charge in [-0.25, -0.2) is 0 Å². The SMILES string of the molecule is Cn1cc(CCOc2cccc3c2NCCC3)cn1. The number of hydrogen-bond donors (Lipinski definition) is 1. The molecule has 0 bridgehead atoms. The van der Waals surface area contributed by atoms with Gasteiger partial charge >= 0.3 is 0 Å². The van der Waals surface area contributed by atoms with E-state index < -0.39 is 0 Å².